The van der Waals surface area contributed by atoms with Crippen molar-refractivity contribution in [1.29, 1.82) is 5.26 Å². The fourth-order valence-corrected chi connectivity index (χ4v) is 1.05. The molecule has 0 amide bonds. The van der Waals surface area contributed by atoms with Crippen LogP contribution in [-0.2, 0) is 0 Å². The van der Waals surface area contributed by atoms with Crippen molar-refractivity contribution >= 4 is 0 Å². The lowest BCUT2D eigenvalue weighted by atomic mass is 10.0. The quantitative estimate of drug-likeness (QED) is 0.579. The summed E-state index contributed by atoms with van der Waals surface area (Å²) in [6.07, 6.45) is 1.93. The van der Waals surface area contributed by atoms with E-state index in [2.05, 4.69) is 6.07 Å². The standard InChI is InChI=1S/C7H12N2O/c8-4-6(10)3-7(5-9)1-2-7/h6,10H,1-4,8H2/t6-/m0/s1. The number of aliphatic hydroxyl groups excluding tert-OH is 1. The van der Waals surface area contributed by atoms with Gasteiger partial charge in [-0.1, -0.05) is 0 Å². The minimum atomic E-state index is -0.484. The lowest BCUT2D eigenvalue weighted by molar-refractivity contribution is 0.155. The number of aliphatic hydroxyl groups is 1. The first kappa shape index (κ1) is 7.52. The van der Waals surface area contributed by atoms with Gasteiger partial charge in [-0.05, 0) is 19.3 Å². The number of nitrogens with two attached hydrogens (primary N) is 1. The van der Waals surface area contributed by atoms with Crippen molar-refractivity contribution in [2.75, 3.05) is 6.54 Å². The second-order valence-electron chi connectivity index (χ2n) is 2.99. The second kappa shape index (κ2) is 2.57. The van der Waals surface area contributed by atoms with Gasteiger partial charge in [0.15, 0.2) is 0 Å². The Morgan fingerprint density at radius 2 is 2.30 bits per heavy atom. The Morgan fingerprint density at radius 1 is 1.70 bits per heavy atom. The van der Waals surface area contributed by atoms with Crippen LogP contribution in [0.15, 0.2) is 0 Å². The van der Waals surface area contributed by atoms with Gasteiger partial charge in [0.25, 0.3) is 0 Å². The second-order valence-corrected chi connectivity index (χ2v) is 2.99. The summed E-state index contributed by atoms with van der Waals surface area (Å²) >= 11 is 0. The number of hydrogen-bond donors (Lipinski definition) is 2. The SMILES string of the molecule is N#CC1(C[C@H](O)CN)CC1. The molecule has 0 aromatic heterocycles. The molecule has 3 heteroatoms. The molecule has 1 rings (SSSR count). The van der Waals surface area contributed by atoms with Crippen molar-refractivity contribution in [3.63, 3.8) is 0 Å². The third kappa shape index (κ3) is 1.47. The molecular weight excluding hydrogens is 128 g/mol. The highest BCUT2D eigenvalue weighted by molar-refractivity contribution is 5.10. The van der Waals surface area contributed by atoms with E-state index in [0.29, 0.717) is 6.42 Å². The van der Waals surface area contributed by atoms with E-state index in [-0.39, 0.29) is 12.0 Å². The van der Waals surface area contributed by atoms with Crippen LogP contribution in [0.3, 0.4) is 0 Å². The molecule has 0 aromatic rings. The van der Waals surface area contributed by atoms with Crippen LogP contribution in [0.2, 0.25) is 0 Å². The van der Waals surface area contributed by atoms with Gasteiger partial charge in [-0.2, -0.15) is 5.26 Å². The average molecular weight is 140 g/mol. The zero-order valence-electron chi connectivity index (χ0n) is 5.88. The van der Waals surface area contributed by atoms with Crippen LogP contribution >= 0.6 is 0 Å². The molecule has 0 spiro atoms. The number of hydrogen-bond acceptors (Lipinski definition) is 3. The first-order valence-electron chi connectivity index (χ1n) is 3.52. The van der Waals surface area contributed by atoms with Gasteiger partial charge in [0, 0.05) is 6.54 Å². The molecule has 10 heavy (non-hydrogen) atoms. The van der Waals surface area contributed by atoms with Crippen LogP contribution in [0, 0.1) is 16.7 Å². The molecule has 0 unspecified atom stereocenters. The smallest absolute Gasteiger partial charge is 0.0690 e. The average Bonchev–Trinajstić information content (AvgIpc) is 2.70. The van der Waals surface area contributed by atoms with Crippen LogP contribution in [0.5, 0.6) is 0 Å². The van der Waals surface area contributed by atoms with Gasteiger partial charge in [0.1, 0.15) is 0 Å². The molecule has 0 radical (unpaired) electrons. The maximum Gasteiger partial charge on any atom is 0.0690 e. The van der Waals surface area contributed by atoms with Gasteiger partial charge in [-0.3, -0.25) is 0 Å². The van der Waals surface area contributed by atoms with Gasteiger partial charge < -0.3 is 10.8 Å². The summed E-state index contributed by atoms with van der Waals surface area (Å²) in [6, 6.07) is 2.20. The predicted molar refractivity (Wildman–Crippen MR) is 37.0 cm³/mol. The van der Waals surface area contributed by atoms with Gasteiger partial charge >= 0.3 is 0 Å². The number of rotatable bonds is 3. The van der Waals surface area contributed by atoms with Crippen LogP contribution in [0.25, 0.3) is 0 Å². The fourth-order valence-electron chi connectivity index (χ4n) is 1.05. The van der Waals surface area contributed by atoms with Crippen molar-refractivity contribution in [2.45, 2.75) is 25.4 Å². The maximum absolute atomic E-state index is 9.09. The van der Waals surface area contributed by atoms with E-state index in [1.54, 1.807) is 0 Å². The normalized spacial score (nSPS) is 23.3. The zero-order chi connectivity index (χ0) is 7.61. The Kier molecular flexibility index (Phi) is 1.93. The number of nitrogens with zero attached hydrogens (tertiary/aromatic N) is 1. The van der Waals surface area contributed by atoms with Gasteiger partial charge in [-0.25, -0.2) is 0 Å². The summed E-state index contributed by atoms with van der Waals surface area (Å²) in [5, 5.41) is 17.7. The molecule has 1 aliphatic carbocycles. The van der Waals surface area contributed by atoms with E-state index >= 15 is 0 Å². The highest BCUT2D eigenvalue weighted by Gasteiger charge is 2.44. The van der Waals surface area contributed by atoms with E-state index in [9.17, 15) is 0 Å². The molecular formula is C7H12N2O. The van der Waals surface area contributed by atoms with E-state index < -0.39 is 6.10 Å². The molecule has 0 aliphatic heterocycles. The molecule has 1 fully saturated rings. The summed E-state index contributed by atoms with van der Waals surface area (Å²) in [6.45, 7) is 0.267. The molecule has 1 atom stereocenters. The zero-order valence-corrected chi connectivity index (χ0v) is 5.88. The molecule has 0 heterocycles. The molecule has 56 valence electrons. The van der Waals surface area contributed by atoms with Crippen molar-refractivity contribution in [3.05, 3.63) is 0 Å². The highest BCUT2D eigenvalue weighted by atomic mass is 16.3. The predicted octanol–water partition coefficient (Wildman–Crippen LogP) is -0.000120. The van der Waals surface area contributed by atoms with Crippen LogP contribution in [0.1, 0.15) is 19.3 Å². The van der Waals surface area contributed by atoms with Crippen molar-refractivity contribution in [3.8, 4) is 6.07 Å². The fraction of sp³-hybridized carbons (Fsp3) is 0.857. The molecule has 0 aromatic carbocycles. The summed E-state index contributed by atoms with van der Waals surface area (Å²) in [5.41, 5.74) is 4.99. The van der Waals surface area contributed by atoms with Crippen LogP contribution in [0.4, 0.5) is 0 Å². The molecule has 1 saturated carbocycles. The van der Waals surface area contributed by atoms with E-state index in [0.717, 1.165) is 12.8 Å². The summed E-state index contributed by atoms with van der Waals surface area (Å²) in [7, 11) is 0. The Bertz CT molecular complexity index is 157. The molecule has 0 saturated heterocycles. The van der Waals surface area contributed by atoms with Gasteiger partial charge in [-0.15, -0.1) is 0 Å². The highest BCUT2D eigenvalue weighted by Crippen LogP contribution is 2.48. The minimum absolute atomic E-state index is 0.210. The Labute approximate surface area is 60.4 Å². The third-order valence-corrected chi connectivity index (χ3v) is 1.99. The van der Waals surface area contributed by atoms with Crippen molar-refractivity contribution < 1.29 is 5.11 Å². The summed E-state index contributed by atoms with van der Waals surface area (Å²) in [4.78, 5) is 0. The van der Waals surface area contributed by atoms with E-state index in [1.807, 2.05) is 0 Å². The topological polar surface area (TPSA) is 70.0 Å². The molecule has 0 bridgehead atoms. The summed E-state index contributed by atoms with van der Waals surface area (Å²) < 4.78 is 0. The molecule has 1 aliphatic rings. The maximum atomic E-state index is 9.09. The Balaban J connectivity index is 2.32. The molecule has 3 N–H and O–H groups in total. The summed E-state index contributed by atoms with van der Waals surface area (Å²) in [5.74, 6) is 0. The third-order valence-electron chi connectivity index (χ3n) is 1.99. The lowest BCUT2D eigenvalue weighted by Crippen LogP contribution is -2.22. The van der Waals surface area contributed by atoms with Crippen LogP contribution < -0.4 is 5.73 Å². The number of nitriles is 1. The van der Waals surface area contributed by atoms with Gasteiger partial charge in [0.2, 0.25) is 0 Å². The monoisotopic (exact) mass is 140 g/mol. The lowest BCUT2D eigenvalue weighted by Gasteiger charge is -2.09. The van der Waals surface area contributed by atoms with Crippen molar-refractivity contribution in [2.24, 2.45) is 11.1 Å². The largest absolute Gasteiger partial charge is 0.392 e. The Hall–Kier alpha value is -0.590. The van der Waals surface area contributed by atoms with E-state index in [1.165, 1.54) is 0 Å². The Morgan fingerprint density at radius 3 is 2.60 bits per heavy atom. The molecule has 3 nitrogen and oxygen atoms in total. The first-order valence-corrected chi connectivity index (χ1v) is 3.52. The van der Waals surface area contributed by atoms with Crippen molar-refractivity contribution in [1.82, 2.24) is 0 Å². The van der Waals surface area contributed by atoms with Gasteiger partial charge in [0.05, 0.1) is 17.6 Å². The van der Waals surface area contributed by atoms with Crippen LogP contribution in [-0.4, -0.2) is 17.8 Å². The first-order chi connectivity index (χ1) is 4.72. The van der Waals surface area contributed by atoms with E-state index in [4.69, 9.17) is 16.1 Å². The minimum Gasteiger partial charge on any atom is -0.392 e.